The van der Waals surface area contributed by atoms with Gasteiger partial charge in [0, 0.05) is 0 Å². The number of fused-ring (bicyclic) bond motifs is 1. The Labute approximate surface area is 160 Å². The maximum absolute atomic E-state index is 13.3. The van der Waals surface area contributed by atoms with Gasteiger partial charge in [-0.05, 0) is 24.3 Å². The lowest BCUT2D eigenvalue weighted by atomic mass is 10.2. The van der Waals surface area contributed by atoms with Crippen LogP contribution in [-0.2, 0) is 12.4 Å². The molecular weight excluding hydrogens is 437 g/mol. The molecule has 0 aliphatic heterocycles. The van der Waals surface area contributed by atoms with E-state index in [1.165, 1.54) is 0 Å². The van der Waals surface area contributed by atoms with Crippen LogP contribution in [0.4, 0.5) is 45.3 Å². The zero-order valence-corrected chi connectivity index (χ0v) is 14.2. The molecule has 0 saturated heterocycles. The van der Waals surface area contributed by atoms with Crippen molar-refractivity contribution in [3.8, 4) is 11.4 Å². The largest absolute Gasteiger partial charge is 0.484 e. The van der Waals surface area contributed by atoms with Crippen LogP contribution in [0.15, 0.2) is 24.3 Å². The van der Waals surface area contributed by atoms with Crippen molar-refractivity contribution in [1.82, 2.24) is 19.7 Å². The zero-order valence-electron chi connectivity index (χ0n) is 14.2. The van der Waals surface area contributed by atoms with E-state index in [4.69, 9.17) is 5.73 Å². The first-order chi connectivity index (χ1) is 13.7. The van der Waals surface area contributed by atoms with E-state index in [1.54, 1.807) is 0 Å². The van der Waals surface area contributed by atoms with Gasteiger partial charge in [0.25, 0.3) is 0 Å². The highest BCUT2D eigenvalue weighted by Gasteiger charge is 2.43. The Morgan fingerprint density at radius 3 is 1.97 bits per heavy atom. The van der Waals surface area contributed by atoms with Gasteiger partial charge in [-0.3, -0.25) is 0 Å². The summed E-state index contributed by atoms with van der Waals surface area (Å²) in [5, 5.41) is 2.61. The summed E-state index contributed by atoms with van der Waals surface area (Å²) < 4.78 is 120. The molecule has 2 heterocycles. The van der Waals surface area contributed by atoms with Crippen molar-refractivity contribution in [3.63, 3.8) is 0 Å². The quantitative estimate of drug-likeness (QED) is 0.606. The predicted octanol–water partition coefficient (Wildman–Crippen LogP) is 4.38. The SMILES string of the molecule is Nc1c2c(C(F)(F)F)nc(C(F)(F)F)nc2nn1-c1ccc(OCC(F)(F)F)cc1. The van der Waals surface area contributed by atoms with E-state index in [0.29, 0.717) is 4.68 Å². The summed E-state index contributed by atoms with van der Waals surface area (Å²) in [6.07, 6.45) is -15.2. The van der Waals surface area contributed by atoms with Gasteiger partial charge in [0.2, 0.25) is 5.82 Å². The minimum absolute atomic E-state index is 0.0634. The lowest BCUT2D eigenvalue weighted by molar-refractivity contribution is -0.153. The Bertz CT molecular complexity index is 1070. The van der Waals surface area contributed by atoms with Crippen molar-refractivity contribution >= 4 is 16.9 Å². The molecule has 0 aliphatic rings. The van der Waals surface area contributed by atoms with Crippen LogP contribution in [0.1, 0.15) is 11.5 Å². The third-order valence-corrected chi connectivity index (χ3v) is 3.57. The van der Waals surface area contributed by atoms with Gasteiger partial charge in [-0.1, -0.05) is 0 Å². The Hall–Kier alpha value is -3.26. The van der Waals surface area contributed by atoms with Crippen LogP contribution in [-0.4, -0.2) is 32.5 Å². The first kappa shape index (κ1) is 21.4. The second kappa shape index (κ2) is 6.91. The number of benzene rings is 1. The fraction of sp³-hybridized carbons (Fsp3) is 0.267. The number of rotatable bonds is 3. The summed E-state index contributed by atoms with van der Waals surface area (Å²) in [6, 6.07) is 4.29. The van der Waals surface area contributed by atoms with E-state index in [0.717, 1.165) is 24.3 Å². The molecule has 0 saturated carbocycles. The maximum atomic E-state index is 13.3. The third kappa shape index (κ3) is 4.33. The number of nitrogens with zero attached hydrogens (tertiary/aromatic N) is 4. The number of alkyl halides is 9. The van der Waals surface area contributed by atoms with E-state index in [2.05, 4.69) is 19.8 Å². The monoisotopic (exact) mass is 445 g/mol. The zero-order chi connectivity index (χ0) is 22.5. The molecule has 0 radical (unpaired) electrons. The summed E-state index contributed by atoms with van der Waals surface area (Å²) in [5.41, 5.74) is 2.70. The first-order valence-electron chi connectivity index (χ1n) is 7.67. The van der Waals surface area contributed by atoms with Gasteiger partial charge in [-0.15, -0.1) is 5.10 Å². The standard InChI is InChI=1S/C15H8F9N5O/c16-13(17,18)5-30-7-3-1-6(2-4-7)29-10(25)8-9(14(19,20)21)26-12(15(22,23)24)27-11(8)28-29/h1-4H,5,25H2. The summed E-state index contributed by atoms with van der Waals surface area (Å²) in [5.74, 6) is -2.99. The second-order valence-corrected chi connectivity index (χ2v) is 5.78. The number of nitrogen functional groups attached to an aromatic ring is 1. The highest BCUT2D eigenvalue weighted by molar-refractivity contribution is 5.90. The average molecular weight is 445 g/mol. The van der Waals surface area contributed by atoms with Gasteiger partial charge in [0.15, 0.2) is 17.9 Å². The number of aromatic nitrogens is 4. The lowest BCUT2D eigenvalue weighted by Gasteiger charge is -2.11. The molecule has 0 atom stereocenters. The molecular formula is C15H8F9N5O. The number of hydrogen-bond donors (Lipinski definition) is 1. The van der Waals surface area contributed by atoms with Gasteiger partial charge in [0.05, 0.1) is 11.1 Å². The number of anilines is 1. The molecule has 2 N–H and O–H groups in total. The molecule has 0 aliphatic carbocycles. The van der Waals surface area contributed by atoms with Crippen molar-refractivity contribution in [1.29, 1.82) is 0 Å². The van der Waals surface area contributed by atoms with Gasteiger partial charge in [-0.2, -0.15) is 39.5 Å². The Morgan fingerprint density at radius 2 is 1.47 bits per heavy atom. The molecule has 0 spiro atoms. The lowest BCUT2D eigenvalue weighted by Crippen LogP contribution is -2.19. The number of halogens is 9. The molecule has 2 aromatic heterocycles. The van der Waals surface area contributed by atoms with Crippen LogP contribution >= 0.6 is 0 Å². The minimum atomic E-state index is -5.29. The average Bonchev–Trinajstić information content (AvgIpc) is 2.94. The summed E-state index contributed by atoms with van der Waals surface area (Å²) >= 11 is 0. The highest BCUT2D eigenvalue weighted by Crippen LogP contribution is 2.38. The topological polar surface area (TPSA) is 78.9 Å². The van der Waals surface area contributed by atoms with Gasteiger partial charge < -0.3 is 10.5 Å². The third-order valence-electron chi connectivity index (χ3n) is 3.57. The van der Waals surface area contributed by atoms with E-state index >= 15 is 0 Å². The van der Waals surface area contributed by atoms with Crippen molar-refractivity contribution in [3.05, 3.63) is 35.8 Å². The summed E-state index contributed by atoms with van der Waals surface area (Å²) in [6.45, 7) is -1.58. The fourth-order valence-corrected chi connectivity index (χ4v) is 2.39. The Morgan fingerprint density at radius 1 is 0.867 bits per heavy atom. The molecule has 3 aromatic rings. The first-order valence-corrected chi connectivity index (χ1v) is 7.67. The summed E-state index contributed by atoms with van der Waals surface area (Å²) in [4.78, 5) is 5.56. The van der Waals surface area contributed by atoms with Gasteiger partial charge in [0.1, 0.15) is 11.6 Å². The van der Waals surface area contributed by atoms with Gasteiger partial charge >= 0.3 is 18.5 Å². The fourth-order valence-electron chi connectivity index (χ4n) is 2.39. The molecule has 3 rings (SSSR count). The van der Waals surface area contributed by atoms with Crippen LogP contribution in [0.2, 0.25) is 0 Å². The van der Waals surface area contributed by atoms with Gasteiger partial charge in [-0.25, -0.2) is 14.6 Å². The van der Waals surface area contributed by atoms with Crippen molar-refractivity contribution < 1.29 is 44.3 Å². The molecule has 0 unspecified atom stereocenters. The molecule has 30 heavy (non-hydrogen) atoms. The maximum Gasteiger partial charge on any atom is 0.451 e. The number of hydrogen-bond acceptors (Lipinski definition) is 5. The van der Waals surface area contributed by atoms with Crippen molar-refractivity contribution in [2.45, 2.75) is 18.5 Å². The molecule has 6 nitrogen and oxygen atoms in total. The van der Waals surface area contributed by atoms with Crippen LogP contribution in [0, 0.1) is 0 Å². The number of ether oxygens (including phenoxy) is 1. The molecule has 0 bridgehead atoms. The van der Waals surface area contributed by atoms with Crippen LogP contribution in [0.25, 0.3) is 16.7 Å². The van der Waals surface area contributed by atoms with Crippen LogP contribution in [0.5, 0.6) is 5.75 Å². The minimum Gasteiger partial charge on any atom is -0.484 e. The van der Waals surface area contributed by atoms with Crippen molar-refractivity contribution in [2.24, 2.45) is 0 Å². The molecule has 0 fully saturated rings. The van der Waals surface area contributed by atoms with E-state index in [-0.39, 0.29) is 11.4 Å². The molecule has 1 aromatic carbocycles. The normalized spacial score (nSPS) is 13.1. The van der Waals surface area contributed by atoms with Crippen LogP contribution in [0.3, 0.4) is 0 Å². The van der Waals surface area contributed by atoms with E-state index < -0.39 is 53.5 Å². The Balaban J connectivity index is 2.09. The summed E-state index contributed by atoms with van der Waals surface area (Å²) in [7, 11) is 0. The predicted molar refractivity (Wildman–Crippen MR) is 82.6 cm³/mol. The molecule has 15 heteroatoms. The molecule has 162 valence electrons. The second-order valence-electron chi connectivity index (χ2n) is 5.78. The molecule has 0 amide bonds. The smallest absolute Gasteiger partial charge is 0.451 e. The van der Waals surface area contributed by atoms with E-state index in [9.17, 15) is 39.5 Å². The highest BCUT2D eigenvalue weighted by atomic mass is 19.4. The van der Waals surface area contributed by atoms with E-state index in [1.807, 2.05) is 0 Å². The Kier molecular flexibility index (Phi) is 4.94. The van der Waals surface area contributed by atoms with Crippen molar-refractivity contribution in [2.75, 3.05) is 12.3 Å². The van der Waals surface area contributed by atoms with Crippen LogP contribution < -0.4 is 10.5 Å². The number of nitrogens with two attached hydrogens (primary N) is 1.